The maximum atomic E-state index is 12.7. The highest BCUT2D eigenvalue weighted by Crippen LogP contribution is 2.31. The SMILES string of the molecule is CC(C)OCc1cccc(S(=O)(=O)Nc2cccc(C(F)(F)F)c2)c1. The Kier molecular flexibility index (Phi) is 5.74. The monoisotopic (exact) mass is 373 g/mol. The van der Waals surface area contributed by atoms with E-state index in [0.29, 0.717) is 5.56 Å². The minimum Gasteiger partial charge on any atom is -0.374 e. The Morgan fingerprint density at radius 3 is 2.40 bits per heavy atom. The first kappa shape index (κ1) is 19.3. The number of alkyl halides is 3. The van der Waals surface area contributed by atoms with Crippen LogP contribution in [0.1, 0.15) is 25.0 Å². The largest absolute Gasteiger partial charge is 0.416 e. The molecule has 8 heteroatoms. The molecule has 0 aliphatic rings. The van der Waals surface area contributed by atoms with Crippen LogP contribution in [-0.2, 0) is 27.5 Å². The van der Waals surface area contributed by atoms with Crippen molar-refractivity contribution in [1.82, 2.24) is 0 Å². The van der Waals surface area contributed by atoms with Crippen molar-refractivity contribution in [3.8, 4) is 0 Å². The van der Waals surface area contributed by atoms with Gasteiger partial charge in [-0.1, -0.05) is 18.2 Å². The fourth-order valence-corrected chi connectivity index (χ4v) is 3.16. The van der Waals surface area contributed by atoms with Crippen molar-refractivity contribution in [3.63, 3.8) is 0 Å². The van der Waals surface area contributed by atoms with Crippen molar-refractivity contribution in [2.24, 2.45) is 0 Å². The van der Waals surface area contributed by atoms with Gasteiger partial charge < -0.3 is 4.74 Å². The van der Waals surface area contributed by atoms with Gasteiger partial charge in [0.2, 0.25) is 0 Å². The third-order valence-corrected chi connectivity index (χ3v) is 4.61. The molecule has 2 aromatic rings. The van der Waals surface area contributed by atoms with Crippen LogP contribution in [-0.4, -0.2) is 14.5 Å². The summed E-state index contributed by atoms with van der Waals surface area (Å²) in [5.41, 5.74) is -0.425. The Balaban J connectivity index is 2.23. The zero-order chi connectivity index (χ0) is 18.7. The van der Waals surface area contributed by atoms with E-state index in [4.69, 9.17) is 4.74 Å². The Morgan fingerprint density at radius 2 is 1.76 bits per heavy atom. The second-order valence-corrected chi connectivity index (χ2v) is 7.37. The highest BCUT2D eigenvalue weighted by atomic mass is 32.2. The molecule has 0 atom stereocenters. The Labute approximate surface area is 144 Å². The molecule has 0 bridgehead atoms. The molecular formula is C17H18F3NO3S. The van der Waals surface area contributed by atoms with Crippen LogP contribution in [0.4, 0.5) is 18.9 Å². The summed E-state index contributed by atoms with van der Waals surface area (Å²) in [5, 5.41) is 0. The minimum absolute atomic E-state index is 0.0107. The predicted molar refractivity (Wildman–Crippen MR) is 88.6 cm³/mol. The van der Waals surface area contributed by atoms with Crippen molar-refractivity contribution in [1.29, 1.82) is 0 Å². The summed E-state index contributed by atoms with van der Waals surface area (Å²) in [6.45, 7) is 3.95. The Morgan fingerprint density at radius 1 is 1.08 bits per heavy atom. The van der Waals surface area contributed by atoms with E-state index < -0.39 is 21.8 Å². The van der Waals surface area contributed by atoms with Crippen LogP contribution in [0, 0.1) is 0 Å². The Hall–Kier alpha value is -2.06. The van der Waals surface area contributed by atoms with Crippen LogP contribution >= 0.6 is 0 Å². The molecule has 0 saturated carbocycles. The molecule has 0 aliphatic carbocycles. The topological polar surface area (TPSA) is 55.4 Å². The fraction of sp³-hybridized carbons (Fsp3) is 0.294. The number of hydrogen-bond acceptors (Lipinski definition) is 3. The second kappa shape index (κ2) is 7.45. The lowest BCUT2D eigenvalue weighted by Gasteiger charge is -2.12. The molecule has 0 aliphatic heterocycles. The number of anilines is 1. The van der Waals surface area contributed by atoms with E-state index in [1.165, 1.54) is 18.2 Å². The molecule has 0 saturated heterocycles. The number of halogens is 3. The van der Waals surface area contributed by atoms with Gasteiger partial charge in [0.15, 0.2) is 0 Å². The summed E-state index contributed by atoms with van der Waals surface area (Å²) in [4.78, 5) is -0.0465. The normalized spacial score (nSPS) is 12.4. The van der Waals surface area contributed by atoms with E-state index in [1.807, 2.05) is 13.8 Å². The van der Waals surface area contributed by atoms with Crippen molar-refractivity contribution >= 4 is 15.7 Å². The molecule has 2 rings (SSSR count). The molecule has 136 valence electrons. The van der Waals surface area contributed by atoms with E-state index >= 15 is 0 Å². The molecule has 1 N–H and O–H groups in total. The van der Waals surface area contributed by atoms with Gasteiger partial charge in [-0.2, -0.15) is 13.2 Å². The van der Waals surface area contributed by atoms with Crippen LogP contribution < -0.4 is 4.72 Å². The summed E-state index contributed by atoms with van der Waals surface area (Å²) in [7, 11) is -4.01. The van der Waals surface area contributed by atoms with Crippen LogP contribution in [0.15, 0.2) is 53.4 Å². The molecule has 0 unspecified atom stereocenters. The quantitative estimate of drug-likeness (QED) is 0.815. The summed E-state index contributed by atoms with van der Waals surface area (Å²) < 4.78 is 70.6. The third-order valence-electron chi connectivity index (χ3n) is 3.23. The summed E-state index contributed by atoms with van der Waals surface area (Å²) in [6.07, 6.45) is -4.56. The lowest BCUT2D eigenvalue weighted by atomic mass is 10.2. The summed E-state index contributed by atoms with van der Waals surface area (Å²) >= 11 is 0. The minimum atomic E-state index is -4.55. The molecule has 0 amide bonds. The van der Waals surface area contributed by atoms with Crippen molar-refractivity contribution in [2.45, 2.75) is 37.6 Å². The number of nitrogens with one attached hydrogen (secondary N) is 1. The molecular weight excluding hydrogens is 355 g/mol. The van der Waals surface area contributed by atoms with E-state index in [1.54, 1.807) is 12.1 Å². The van der Waals surface area contributed by atoms with Gasteiger partial charge in [-0.25, -0.2) is 8.42 Å². The van der Waals surface area contributed by atoms with E-state index in [2.05, 4.69) is 4.72 Å². The van der Waals surface area contributed by atoms with Gasteiger partial charge in [0.05, 0.1) is 23.2 Å². The number of rotatable bonds is 6. The van der Waals surface area contributed by atoms with Crippen LogP contribution in [0.5, 0.6) is 0 Å². The van der Waals surface area contributed by atoms with Gasteiger partial charge in [-0.05, 0) is 49.7 Å². The van der Waals surface area contributed by atoms with Crippen molar-refractivity contribution < 1.29 is 26.3 Å². The first-order valence-electron chi connectivity index (χ1n) is 7.48. The van der Waals surface area contributed by atoms with Gasteiger partial charge in [-0.3, -0.25) is 4.72 Å². The van der Waals surface area contributed by atoms with E-state index in [-0.39, 0.29) is 23.3 Å². The van der Waals surface area contributed by atoms with Gasteiger partial charge >= 0.3 is 6.18 Å². The van der Waals surface area contributed by atoms with Crippen LogP contribution in [0.2, 0.25) is 0 Å². The van der Waals surface area contributed by atoms with Crippen molar-refractivity contribution in [2.75, 3.05) is 4.72 Å². The van der Waals surface area contributed by atoms with Crippen molar-refractivity contribution in [3.05, 3.63) is 59.7 Å². The molecule has 0 spiro atoms. The molecule has 4 nitrogen and oxygen atoms in total. The summed E-state index contributed by atoms with van der Waals surface area (Å²) in [5.74, 6) is 0. The zero-order valence-electron chi connectivity index (χ0n) is 13.7. The zero-order valence-corrected chi connectivity index (χ0v) is 14.5. The van der Waals surface area contributed by atoms with Gasteiger partial charge in [0.1, 0.15) is 0 Å². The highest BCUT2D eigenvalue weighted by Gasteiger charge is 2.30. The third kappa shape index (κ3) is 5.47. The molecule has 0 fully saturated rings. The fourth-order valence-electron chi connectivity index (χ4n) is 2.04. The number of benzene rings is 2. The number of sulfonamides is 1. The lowest BCUT2D eigenvalue weighted by molar-refractivity contribution is -0.137. The van der Waals surface area contributed by atoms with Crippen LogP contribution in [0.3, 0.4) is 0 Å². The molecule has 0 aromatic heterocycles. The summed E-state index contributed by atoms with van der Waals surface area (Å²) in [6, 6.07) is 10.1. The molecule has 25 heavy (non-hydrogen) atoms. The predicted octanol–water partition coefficient (Wildman–Crippen LogP) is 4.43. The average molecular weight is 373 g/mol. The highest BCUT2D eigenvalue weighted by molar-refractivity contribution is 7.92. The molecule has 2 aromatic carbocycles. The van der Waals surface area contributed by atoms with E-state index in [9.17, 15) is 21.6 Å². The first-order valence-corrected chi connectivity index (χ1v) is 8.97. The van der Waals surface area contributed by atoms with Crippen LogP contribution in [0.25, 0.3) is 0 Å². The van der Waals surface area contributed by atoms with Gasteiger partial charge in [0.25, 0.3) is 10.0 Å². The Bertz CT molecular complexity index is 833. The number of ether oxygens (including phenoxy) is 1. The maximum Gasteiger partial charge on any atom is 0.416 e. The molecule has 0 heterocycles. The van der Waals surface area contributed by atoms with Gasteiger partial charge in [0, 0.05) is 5.69 Å². The van der Waals surface area contributed by atoms with Gasteiger partial charge in [-0.15, -0.1) is 0 Å². The average Bonchev–Trinajstić information content (AvgIpc) is 2.52. The standard InChI is InChI=1S/C17H18F3NO3S/c1-12(2)24-11-13-5-3-8-16(9-13)25(22,23)21-15-7-4-6-14(10-15)17(18,19)20/h3-10,12,21H,11H2,1-2H3. The smallest absolute Gasteiger partial charge is 0.374 e. The first-order chi connectivity index (χ1) is 11.6. The number of hydrogen-bond donors (Lipinski definition) is 1. The maximum absolute atomic E-state index is 12.7. The van der Waals surface area contributed by atoms with E-state index in [0.717, 1.165) is 18.2 Å². The molecule has 0 radical (unpaired) electrons. The lowest BCUT2D eigenvalue weighted by Crippen LogP contribution is -2.14. The second-order valence-electron chi connectivity index (χ2n) is 5.69.